The fraction of sp³-hybridized carbons (Fsp3) is 0.192. The molecule has 0 saturated heterocycles. The summed E-state index contributed by atoms with van der Waals surface area (Å²) in [6.07, 6.45) is 0. The van der Waals surface area contributed by atoms with Crippen molar-refractivity contribution in [3.63, 3.8) is 0 Å². The summed E-state index contributed by atoms with van der Waals surface area (Å²) < 4.78 is 16.0. The van der Waals surface area contributed by atoms with E-state index in [4.69, 9.17) is 14.2 Å². The lowest BCUT2D eigenvalue weighted by Gasteiger charge is -2.12. The van der Waals surface area contributed by atoms with Gasteiger partial charge in [-0.1, -0.05) is 48.5 Å². The molecule has 0 aliphatic heterocycles. The van der Waals surface area contributed by atoms with Gasteiger partial charge in [0, 0.05) is 12.1 Å². The number of methoxy groups -OCH3 is 2. The summed E-state index contributed by atoms with van der Waals surface area (Å²) >= 11 is 0. The molecule has 0 spiro atoms. The number of amides is 2. The van der Waals surface area contributed by atoms with Crippen LogP contribution in [-0.2, 0) is 11.3 Å². The molecule has 0 atom stereocenters. The van der Waals surface area contributed by atoms with E-state index >= 15 is 0 Å². The third-order valence-corrected chi connectivity index (χ3v) is 4.93. The van der Waals surface area contributed by atoms with Crippen molar-refractivity contribution in [2.75, 3.05) is 27.4 Å². The Hall–Kier alpha value is -4.33. The summed E-state index contributed by atoms with van der Waals surface area (Å²) in [7, 11) is 3.09. The third-order valence-electron chi connectivity index (χ3n) is 4.93. The van der Waals surface area contributed by atoms with E-state index in [1.807, 2.05) is 12.1 Å². The lowest BCUT2D eigenvalue weighted by Crippen LogP contribution is -2.31. The molecular weight excluding hydrogens is 436 g/mol. The fourth-order valence-electron chi connectivity index (χ4n) is 3.15. The van der Waals surface area contributed by atoms with Crippen LogP contribution in [0.25, 0.3) is 0 Å². The molecule has 176 valence electrons. The van der Waals surface area contributed by atoms with Gasteiger partial charge >= 0.3 is 0 Å². The van der Waals surface area contributed by atoms with Crippen molar-refractivity contribution in [3.8, 4) is 17.2 Å². The molecular formula is C26H26N2O6. The molecule has 0 bridgehead atoms. The maximum Gasteiger partial charge on any atom is 0.258 e. The predicted octanol–water partition coefficient (Wildman–Crippen LogP) is 3.01. The van der Waals surface area contributed by atoms with Crippen molar-refractivity contribution >= 4 is 17.6 Å². The van der Waals surface area contributed by atoms with E-state index in [2.05, 4.69) is 10.6 Å². The predicted molar refractivity (Wildman–Crippen MR) is 126 cm³/mol. The number of para-hydroxylation sites is 1. The summed E-state index contributed by atoms with van der Waals surface area (Å²) in [6.45, 7) is -0.157. The van der Waals surface area contributed by atoms with E-state index in [-0.39, 0.29) is 42.7 Å². The zero-order chi connectivity index (χ0) is 24.3. The number of hydrogen-bond acceptors (Lipinski definition) is 6. The van der Waals surface area contributed by atoms with Crippen LogP contribution in [-0.4, -0.2) is 45.0 Å². The number of ether oxygens (including phenoxy) is 3. The molecule has 0 fully saturated rings. The van der Waals surface area contributed by atoms with E-state index in [1.165, 1.54) is 0 Å². The van der Waals surface area contributed by atoms with E-state index < -0.39 is 5.91 Å². The number of benzene rings is 3. The number of carbonyl (C=O) groups excluding carboxylic acids is 3. The highest BCUT2D eigenvalue weighted by atomic mass is 16.5. The number of rotatable bonds is 11. The highest BCUT2D eigenvalue weighted by Gasteiger charge is 2.15. The molecule has 0 aliphatic carbocycles. The van der Waals surface area contributed by atoms with Crippen LogP contribution < -0.4 is 24.8 Å². The number of Topliss-reactive ketones (excluding diaryl/α,β-unsaturated/α-hetero) is 1. The standard InChI is InChI=1S/C26H26N2O6/c1-32-23-13-12-18(14-24(23)33-2)15-27-25(30)17-34-22-11-7-6-10-20(22)26(31)28-16-21(29)19-8-4-3-5-9-19/h3-14H,15-17H2,1-2H3,(H,27,30)(H,28,31). The molecule has 0 saturated carbocycles. The van der Waals surface area contributed by atoms with Gasteiger partial charge in [-0.3, -0.25) is 14.4 Å². The molecule has 8 heteroatoms. The van der Waals surface area contributed by atoms with E-state index in [9.17, 15) is 14.4 Å². The highest BCUT2D eigenvalue weighted by molar-refractivity contribution is 6.03. The largest absolute Gasteiger partial charge is 0.493 e. The van der Waals surface area contributed by atoms with Crippen molar-refractivity contribution in [2.45, 2.75) is 6.54 Å². The summed E-state index contributed by atoms with van der Waals surface area (Å²) in [5, 5.41) is 5.36. The van der Waals surface area contributed by atoms with Crippen molar-refractivity contribution in [1.82, 2.24) is 10.6 Å². The van der Waals surface area contributed by atoms with Crippen LogP contribution in [0.3, 0.4) is 0 Å². The first-order chi connectivity index (χ1) is 16.5. The maximum atomic E-state index is 12.6. The Labute approximate surface area is 197 Å². The zero-order valence-corrected chi connectivity index (χ0v) is 19.0. The monoisotopic (exact) mass is 462 g/mol. The summed E-state index contributed by atoms with van der Waals surface area (Å²) in [6, 6.07) is 20.6. The normalized spacial score (nSPS) is 10.2. The zero-order valence-electron chi connectivity index (χ0n) is 19.0. The summed E-state index contributed by atoms with van der Waals surface area (Å²) in [5.74, 6) is 0.377. The molecule has 3 aromatic carbocycles. The average molecular weight is 463 g/mol. The van der Waals surface area contributed by atoms with Gasteiger partial charge in [-0.05, 0) is 29.8 Å². The number of carbonyl (C=O) groups is 3. The van der Waals surface area contributed by atoms with Crippen LogP contribution >= 0.6 is 0 Å². The van der Waals surface area contributed by atoms with Gasteiger partial charge in [0.1, 0.15) is 5.75 Å². The Bertz CT molecular complexity index is 1150. The number of nitrogens with one attached hydrogen (secondary N) is 2. The van der Waals surface area contributed by atoms with Gasteiger partial charge < -0.3 is 24.8 Å². The Morgan fingerprint density at radius 2 is 1.47 bits per heavy atom. The second kappa shape index (κ2) is 12.1. The quantitative estimate of drug-likeness (QED) is 0.425. The van der Waals surface area contributed by atoms with Crippen molar-refractivity contribution in [3.05, 3.63) is 89.5 Å². The topological polar surface area (TPSA) is 103 Å². The van der Waals surface area contributed by atoms with Crippen molar-refractivity contribution in [1.29, 1.82) is 0 Å². The summed E-state index contributed by atoms with van der Waals surface area (Å²) in [5.41, 5.74) is 1.57. The number of ketones is 1. The third kappa shape index (κ3) is 6.59. The van der Waals surface area contributed by atoms with Crippen molar-refractivity contribution < 1.29 is 28.6 Å². The summed E-state index contributed by atoms with van der Waals surface area (Å²) in [4.78, 5) is 37.1. The van der Waals surface area contributed by atoms with Gasteiger partial charge in [0.05, 0.1) is 26.3 Å². The Morgan fingerprint density at radius 3 is 2.21 bits per heavy atom. The average Bonchev–Trinajstić information content (AvgIpc) is 2.89. The van der Waals surface area contributed by atoms with E-state index in [0.717, 1.165) is 5.56 Å². The Balaban J connectivity index is 1.53. The minimum absolute atomic E-state index is 0.150. The first-order valence-electron chi connectivity index (χ1n) is 10.6. The second-order valence-electron chi connectivity index (χ2n) is 7.22. The molecule has 3 rings (SSSR count). The minimum Gasteiger partial charge on any atom is -0.493 e. The van der Waals surface area contributed by atoms with Gasteiger partial charge in [0.15, 0.2) is 23.9 Å². The molecule has 0 radical (unpaired) electrons. The smallest absolute Gasteiger partial charge is 0.258 e. The van der Waals surface area contributed by atoms with Gasteiger partial charge in [-0.2, -0.15) is 0 Å². The van der Waals surface area contributed by atoms with Crippen LogP contribution in [0, 0.1) is 0 Å². The molecule has 2 N–H and O–H groups in total. The molecule has 0 unspecified atom stereocenters. The van der Waals surface area contributed by atoms with Gasteiger partial charge in [-0.15, -0.1) is 0 Å². The molecule has 3 aromatic rings. The minimum atomic E-state index is -0.467. The molecule has 34 heavy (non-hydrogen) atoms. The second-order valence-corrected chi connectivity index (χ2v) is 7.22. The van der Waals surface area contributed by atoms with Gasteiger partial charge in [0.25, 0.3) is 11.8 Å². The lowest BCUT2D eigenvalue weighted by atomic mass is 10.1. The SMILES string of the molecule is COc1ccc(CNC(=O)COc2ccccc2C(=O)NCC(=O)c2ccccc2)cc1OC. The molecule has 8 nitrogen and oxygen atoms in total. The van der Waals surface area contributed by atoms with Crippen LogP contribution in [0.2, 0.25) is 0 Å². The molecule has 0 aliphatic rings. The number of hydrogen-bond donors (Lipinski definition) is 2. The fourth-order valence-corrected chi connectivity index (χ4v) is 3.15. The van der Waals surface area contributed by atoms with E-state index in [0.29, 0.717) is 17.1 Å². The van der Waals surface area contributed by atoms with Crippen LogP contribution in [0.5, 0.6) is 17.2 Å². The molecule has 2 amide bonds. The Morgan fingerprint density at radius 1 is 0.765 bits per heavy atom. The van der Waals surface area contributed by atoms with Crippen LogP contribution in [0.1, 0.15) is 26.3 Å². The lowest BCUT2D eigenvalue weighted by molar-refractivity contribution is -0.123. The van der Waals surface area contributed by atoms with Crippen LogP contribution in [0.4, 0.5) is 0 Å². The maximum absolute atomic E-state index is 12.6. The van der Waals surface area contributed by atoms with Crippen LogP contribution in [0.15, 0.2) is 72.8 Å². The highest BCUT2D eigenvalue weighted by Crippen LogP contribution is 2.27. The molecule has 0 heterocycles. The van der Waals surface area contributed by atoms with Gasteiger partial charge in [0.2, 0.25) is 0 Å². The first-order valence-corrected chi connectivity index (χ1v) is 10.6. The van der Waals surface area contributed by atoms with E-state index in [1.54, 1.807) is 74.9 Å². The van der Waals surface area contributed by atoms with Crippen molar-refractivity contribution in [2.24, 2.45) is 0 Å². The molecule has 0 aromatic heterocycles. The van der Waals surface area contributed by atoms with Gasteiger partial charge in [-0.25, -0.2) is 0 Å². The Kier molecular flexibility index (Phi) is 8.62. The first kappa shape index (κ1) is 24.3.